The molecule has 8 heteroatoms. The normalized spacial score (nSPS) is 11.0. The molecule has 3 rings (SSSR count). The number of thiazole rings is 1. The first-order chi connectivity index (χ1) is 10.1. The fraction of sp³-hybridized carbons (Fsp3) is 0.231. The van der Waals surface area contributed by atoms with E-state index >= 15 is 0 Å². The fourth-order valence-electron chi connectivity index (χ4n) is 1.88. The SMILES string of the molecule is Cc1csc(-c2c(N)nsc2NCCc2ccc(Cl)s2)n1. The van der Waals surface area contributed by atoms with Gasteiger partial charge in [0.05, 0.1) is 9.90 Å². The predicted molar refractivity (Wildman–Crippen MR) is 93.9 cm³/mol. The molecule has 3 N–H and O–H groups in total. The smallest absolute Gasteiger partial charge is 0.149 e. The number of thiophene rings is 1. The van der Waals surface area contributed by atoms with E-state index in [1.807, 2.05) is 18.4 Å². The molecule has 4 nitrogen and oxygen atoms in total. The maximum atomic E-state index is 5.98. The second-order valence-corrected chi connectivity index (χ2v) is 7.88. The number of hydrogen-bond acceptors (Lipinski definition) is 7. The van der Waals surface area contributed by atoms with Crippen molar-refractivity contribution in [2.75, 3.05) is 17.6 Å². The minimum Gasteiger partial charge on any atom is -0.382 e. The third kappa shape index (κ3) is 3.37. The number of nitrogens with one attached hydrogen (secondary N) is 1. The van der Waals surface area contributed by atoms with E-state index in [4.69, 9.17) is 17.3 Å². The number of rotatable bonds is 5. The molecule has 0 saturated carbocycles. The van der Waals surface area contributed by atoms with Crippen molar-refractivity contribution in [3.63, 3.8) is 0 Å². The van der Waals surface area contributed by atoms with Gasteiger partial charge in [0.25, 0.3) is 0 Å². The second-order valence-electron chi connectivity index (χ2n) is 4.45. The highest BCUT2D eigenvalue weighted by atomic mass is 35.5. The molecule has 3 aromatic rings. The van der Waals surface area contributed by atoms with Crippen LogP contribution in [-0.4, -0.2) is 15.9 Å². The van der Waals surface area contributed by atoms with Crippen LogP contribution < -0.4 is 11.1 Å². The molecule has 3 heterocycles. The first kappa shape index (κ1) is 14.8. The van der Waals surface area contributed by atoms with Gasteiger partial charge in [0.15, 0.2) is 0 Å². The molecule has 0 bridgehead atoms. The van der Waals surface area contributed by atoms with Crippen LogP contribution in [0.3, 0.4) is 0 Å². The summed E-state index contributed by atoms with van der Waals surface area (Å²) < 4.78 is 5.06. The number of hydrogen-bond donors (Lipinski definition) is 2. The van der Waals surface area contributed by atoms with Gasteiger partial charge in [-0.15, -0.1) is 22.7 Å². The van der Waals surface area contributed by atoms with Gasteiger partial charge >= 0.3 is 0 Å². The number of nitrogens with two attached hydrogens (primary N) is 1. The molecule has 0 aliphatic rings. The predicted octanol–water partition coefficient (Wildman–Crippen LogP) is 4.53. The maximum Gasteiger partial charge on any atom is 0.149 e. The minimum atomic E-state index is 0.538. The molecule has 21 heavy (non-hydrogen) atoms. The Kier molecular flexibility index (Phi) is 4.44. The largest absolute Gasteiger partial charge is 0.382 e. The number of nitrogen functional groups attached to an aromatic ring is 1. The number of nitrogens with zero attached hydrogens (tertiary/aromatic N) is 2. The highest BCUT2D eigenvalue weighted by Gasteiger charge is 2.16. The van der Waals surface area contributed by atoms with Crippen molar-refractivity contribution in [2.45, 2.75) is 13.3 Å². The van der Waals surface area contributed by atoms with Crippen LogP contribution in [0.5, 0.6) is 0 Å². The topological polar surface area (TPSA) is 63.8 Å². The molecule has 0 spiro atoms. The van der Waals surface area contributed by atoms with Crippen LogP contribution >= 0.6 is 45.8 Å². The summed E-state index contributed by atoms with van der Waals surface area (Å²) in [6.45, 7) is 2.79. The van der Waals surface area contributed by atoms with Crippen LogP contribution in [0.4, 0.5) is 10.8 Å². The van der Waals surface area contributed by atoms with Crippen LogP contribution in [0.2, 0.25) is 4.34 Å². The van der Waals surface area contributed by atoms with Crippen molar-refractivity contribution in [2.24, 2.45) is 0 Å². The lowest BCUT2D eigenvalue weighted by atomic mass is 10.3. The zero-order valence-corrected chi connectivity index (χ0v) is 14.4. The quantitative estimate of drug-likeness (QED) is 0.705. The van der Waals surface area contributed by atoms with Crippen LogP contribution in [-0.2, 0) is 6.42 Å². The minimum absolute atomic E-state index is 0.538. The van der Waals surface area contributed by atoms with Crippen molar-refractivity contribution in [1.29, 1.82) is 0 Å². The number of aryl methyl sites for hydroxylation is 1. The lowest BCUT2D eigenvalue weighted by Crippen LogP contribution is -2.03. The lowest BCUT2D eigenvalue weighted by molar-refractivity contribution is 1.05. The highest BCUT2D eigenvalue weighted by Crippen LogP contribution is 2.38. The van der Waals surface area contributed by atoms with E-state index in [9.17, 15) is 0 Å². The number of aromatic nitrogens is 2. The summed E-state index contributed by atoms with van der Waals surface area (Å²) in [6, 6.07) is 3.98. The van der Waals surface area contributed by atoms with Crippen LogP contribution in [0.15, 0.2) is 17.5 Å². The molecule has 0 aliphatic carbocycles. The summed E-state index contributed by atoms with van der Waals surface area (Å²) in [5.41, 5.74) is 7.90. The van der Waals surface area contributed by atoms with E-state index in [-0.39, 0.29) is 0 Å². The zero-order chi connectivity index (χ0) is 14.8. The Bertz CT molecular complexity index is 746. The Hall–Kier alpha value is -1.15. The Balaban J connectivity index is 1.71. The first-order valence-electron chi connectivity index (χ1n) is 6.29. The first-order valence-corrected chi connectivity index (χ1v) is 9.14. The molecule has 0 aromatic carbocycles. The third-order valence-electron chi connectivity index (χ3n) is 2.84. The monoisotopic (exact) mass is 356 g/mol. The molecule has 0 fully saturated rings. The van der Waals surface area contributed by atoms with Crippen molar-refractivity contribution in [1.82, 2.24) is 9.36 Å². The summed E-state index contributed by atoms with van der Waals surface area (Å²) in [6.07, 6.45) is 0.922. The zero-order valence-electron chi connectivity index (χ0n) is 11.2. The van der Waals surface area contributed by atoms with Crippen LogP contribution in [0.1, 0.15) is 10.6 Å². The van der Waals surface area contributed by atoms with Gasteiger partial charge in [-0.25, -0.2) is 4.98 Å². The Morgan fingerprint density at radius 2 is 2.24 bits per heavy atom. The van der Waals surface area contributed by atoms with Gasteiger partial charge in [-0.1, -0.05) is 11.6 Å². The number of anilines is 2. The molecule has 0 aliphatic heterocycles. The summed E-state index contributed by atoms with van der Waals surface area (Å²) in [7, 11) is 0. The second kappa shape index (κ2) is 6.31. The standard InChI is InChI=1S/C13H13ClN4S3/c1-7-6-19-13(17-7)10-11(15)18-21-12(10)16-5-4-8-2-3-9(14)20-8/h2-3,6,16H,4-5H2,1H3,(H2,15,18). The van der Waals surface area contributed by atoms with Crippen molar-refractivity contribution < 1.29 is 0 Å². The van der Waals surface area contributed by atoms with Gasteiger partial charge in [-0.05, 0) is 37.0 Å². The average molecular weight is 357 g/mol. The fourth-order valence-corrected chi connectivity index (χ4v) is 4.63. The summed E-state index contributed by atoms with van der Waals surface area (Å²) in [5, 5.41) is 7.32. The van der Waals surface area contributed by atoms with Gasteiger partial charge in [0.1, 0.15) is 15.8 Å². The maximum absolute atomic E-state index is 5.98. The van der Waals surface area contributed by atoms with Crippen molar-refractivity contribution in [3.05, 3.63) is 32.4 Å². The van der Waals surface area contributed by atoms with Gasteiger partial charge in [-0.2, -0.15) is 4.37 Å². The van der Waals surface area contributed by atoms with E-state index in [1.165, 1.54) is 16.4 Å². The molecular weight excluding hydrogens is 344 g/mol. The Morgan fingerprint density at radius 1 is 1.38 bits per heavy atom. The van der Waals surface area contributed by atoms with Crippen molar-refractivity contribution in [3.8, 4) is 10.6 Å². The molecule has 0 atom stereocenters. The molecular formula is C13H13ClN4S3. The Morgan fingerprint density at radius 3 is 2.90 bits per heavy atom. The molecule has 110 valence electrons. The number of halogens is 1. The van der Waals surface area contributed by atoms with Crippen LogP contribution in [0, 0.1) is 6.92 Å². The molecule has 3 aromatic heterocycles. The molecule has 0 radical (unpaired) electrons. The van der Waals surface area contributed by atoms with Gasteiger partial charge in [0.2, 0.25) is 0 Å². The third-order valence-corrected chi connectivity index (χ3v) is 5.92. The lowest BCUT2D eigenvalue weighted by Gasteiger charge is -2.04. The van der Waals surface area contributed by atoms with Gasteiger partial charge in [0, 0.05) is 22.5 Å². The average Bonchev–Trinajstić information content (AvgIpc) is 3.12. The van der Waals surface area contributed by atoms with E-state index < -0.39 is 0 Å². The van der Waals surface area contributed by atoms with E-state index in [0.29, 0.717) is 5.82 Å². The summed E-state index contributed by atoms with van der Waals surface area (Å²) >= 11 is 10.5. The Labute approximate surface area is 139 Å². The summed E-state index contributed by atoms with van der Waals surface area (Å²) in [4.78, 5) is 5.75. The van der Waals surface area contributed by atoms with Crippen LogP contribution in [0.25, 0.3) is 10.6 Å². The molecule has 0 amide bonds. The van der Waals surface area contributed by atoms with Gasteiger partial charge in [-0.3, -0.25) is 0 Å². The van der Waals surface area contributed by atoms with Crippen molar-refractivity contribution >= 4 is 56.6 Å². The van der Waals surface area contributed by atoms with E-state index in [2.05, 4.69) is 20.7 Å². The van der Waals surface area contributed by atoms with E-state index in [1.54, 1.807) is 22.7 Å². The highest BCUT2D eigenvalue weighted by molar-refractivity contribution is 7.16. The molecule has 0 saturated heterocycles. The molecule has 0 unspecified atom stereocenters. The van der Waals surface area contributed by atoms with E-state index in [0.717, 1.165) is 38.6 Å². The van der Waals surface area contributed by atoms with Gasteiger partial charge < -0.3 is 11.1 Å². The summed E-state index contributed by atoms with van der Waals surface area (Å²) in [5.74, 6) is 0.538.